The second-order valence-corrected chi connectivity index (χ2v) is 3.94. The van der Waals surface area contributed by atoms with E-state index < -0.39 is 5.97 Å². The van der Waals surface area contributed by atoms with Gasteiger partial charge in [0.15, 0.2) is 0 Å². The van der Waals surface area contributed by atoms with E-state index in [0.717, 1.165) is 38.5 Å². The predicted octanol–water partition coefficient (Wildman–Crippen LogP) is 3.23. The van der Waals surface area contributed by atoms with Gasteiger partial charge in [-0.3, -0.25) is 4.79 Å². The molecule has 0 spiro atoms. The molecule has 0 fully saturated rings. The molecule has 0 aliphatic carbocycles. The third kappa shape index (κ3) is 9.73. The maximum Gasteiger partial charge on any atom is 0.305 e. The summed E-state index contributed by atoms with van der Waals surface area (Å²) in [5.74, 6) is -0.756. The van der Waals surface area contributed by atoms with Crippen molar-refractivity contribution in [1.29, 1.82) is 0 Å². The molecule has 1 N–H and O–H groups in total. The molecule has 0 aromatic carbocycles. The van der Waals surface area contributed by atoms with Crippen LogP contribution in [0.5, 0.6) is 0 Å². The first-order valence-electron chi connectivity index (χ1n) is 6.04. The number of carboxylic acid groups (broad SMARTS) is 1. The van der Waals surface area contributed by atoms with E-state index in [-0.39, 0.29) is 12.5 Å². The lowest BCUT2D eigenvalue weighted by Crippen LogP contribution is -2.18. The highest BCUT2D eigenvalue weighted by Gasteiger charge is 2.12. The number of rotatable bonds is 10. The van der Waals surface area contributed by atoms with Gasteiger partial charge in [0.05, 0.1) is 12.5 Å². The molecule has 0 rings (SSSR count). The highest BCUT2D eigenvalue weighted by atomic mass is 16.5. The van der Waals surface area contributed by atoms with Crippen LogP contribution in [0.25, 0.3) is 0 Å². The van der Waals surface area contributed by atoms with Crippen molar-refractivity contribution in [3.05, 3.63) is 0 Å². The molecule has 0 radical (unpaired) electrons. The lowest BCUT2D eigenvalue weighted by molar-refractivity contribution is -0.140. The Balaban J connectivity index is 3.68. The average Bonchev–Trinajstić information content (AvgIpc) is 2.17. The van der Waals surface area contributed by atoms with Crippen LogP contribution in [0.4, 0.5) is 0 Å². The molecule has 15 heavy (non-hydrogen) atoms. The fourth-order valence-corrected chi connectivity index (χ4v) is 1.46. The molecule has 0 bridgehead atoms. The number of hydrogen-bond donors (Lipinski definition) is 1. The van der Waals surface area contributed by atoms with Crippen LogP contribution < -0.4 is 0 Å². The fourth-order valence-electron chi connectivity index (χ4n) is 1.46. The Kier molecular flexibility index (Phi) is 9.59. The molecule has 0 saturated heterocycles. The van der Waals surface area contributed by atoms with E-state index in [0.29, 0.717) is 6.61 Å². The summed E-state index contributed by atoms with van der Waals surface area (Å²) in [7, 11) is 0. The summed E-state index contributed by atoms with van der Waals surface area (Å²) in [6.45, 7) is 4.94. The Bertz CT molecular complexity index is 147. The van der Waals surface area contributed by atoms with Crippen LogP contribution in [-0.4, -0.2) is 23.8 Å². The molecule has 0 saturated carbocycles. The molecular weight excluding hydrogens is 192 g/mol. The van der Waals surface area contributed by atoms with Crippen molar-refractivity contribution in [3.8, 4) is 0 Å². The smallest absolute Gasteiger partial charge is 0.305 e. The van der Waals surface area contributed by atoms with Gasteiger partial charge in [-0.25, -0.2) is 0 Å². The van der Waals surface area contributed by atoms with E-state index in [1.807, 2.05) is 0 Å². The number of carbonyl (C=O) groups is 1. The van der Waals surface area contributed by atoms with Crippen molar-refractivity contribution < 1.29 is 14.6 Å². The molecule has 1 unspecified atom stereocenters. The third-order valence-electron chi connectivity index (χ3n) is 2.38. The monoisotopic (exact) mass is 216 g/mol. The van der Waals surface area contributed by atoms with E-state index in [2.05, 4.69) is 13.8 Å². The van der Waals surface area contributed by atoms with Gasteiger partial charge in [-0.1, -0.05) is 39.5 Å². The van der Waals surface area contributed by atoms with Crippen molar-refractivity contribution in [3.63, 3.8) is 0 Å². The van der Waals surface area contributed by atoms with Gasteiger partial charge in [0.25, 0.3) is 0 Å². The van der Waals surface area contributed by atoms with E-state index in [1.54, 1.807) is 0 Å². The fraction of sp³-hybridized carbons (Fsp3) is 0.917. The zero-order valence-electron chi connectivity index (χ0n) is 10.00. The van der Waals surface area contributed by atoms with Gasteiger partial charge >= 0.3 is 5.97 Å². The molecule has 0 heterocycles. The van der Waals surface area contributed by atoms with E-state index >= 15 is 0 Å². The standard InChI is InChI=1S/C12H24O3/c1-3-5-7-8-11(10-12(13)14)15-9-6-4-2/h11H,3-10H2,1-2H3,(H,13,14). The predicted molar refractivity (Wildman–Crippen MR) is 61.0 cm³/mol. The summed E-state index contributed by atoms with van der Waals surface area (Å²) in [6, 6.07) is 0. The summed E-state index contributed by atoms with van der Waals surface area (Å²) in [4.78, 5) is 10.6. The van der Waals surface area contributed by atoms with E-state index in [4.69, 9.17) is 9.84 Å². The van der Waals surface area contributed by atoms with Crippen molar-refractivity contribution in [2.75, 3.05) is 6.61 Å². The van der Waals surface area contributed by atoms with Gasteiger partial charge < -0.3 is 9.84 Å². The van der Waals surface area contributed by atoms with Gasteiger partial charge in [-0.05, 0) is 12.8 Å². The molecular formula is C12H24O3. The molecule has 3 heteroatoms. The zero-order valence-corrected chi connectivity index (χ0v) is 10.00. The quantitative estimate of drug-likeness (QED) is 0.570. The van der Waals surface area contributed by atoms with Crippen LogP contribution >= 0.6 is 0 Å². The number of aliphatic carboxylic acids is 1. The second-order valence-electron chi connectivity index (χ2n) is 3.94. The molecule has 90 valence electrons. The first-order chi connectivity index (χ1) is 7.20. The van der Waals surface area contributed by atoms with Crippen LogP contribution in [0.2, 0.25) is 0 Å². The molecule has 3 nitrogen and oxygen atoms in total. The van der Waals surface area contributed by atoms with Gasteiger partial charge in [0, 0.05) is 6.61 Å². The van der Waals surface area contributed by atoms with E-state index in [1.165, 1.54) is 0 Å². The normalized spacial score (nSPS) is 12.7. The van der Waals surface area contributed by atoms with Gasteiger partial charge in [0.1, 0.15) is 0 Å². The Labute approximate surface area is 92.8 Å². The first kappa shape index (κ1) is 14.4. The van der Waals surface area contributed by atoms with Crippen molar-refractivity contribution >= 4 is 5.97 Å². The van der Waals surface area contributed by atoms with Crippen molar-refractivity contribution in [2.24, 2.45) is 0 Å². The SMILES string of the molecule is CCCCCC(CC(=O)O)OCCCC. The number of ether oxygens (including phenoxy) is 1. The lowest BCUT2D eigenvalue weighted by Gasteiger charge is -2.15. The molecule has 0 aromatic heterocycles. The number of hydrogen-bond acceptors (Lipinski definition) is 2. The molecule has 0 aliphatic heterocycles. The molecule has 0 aliphatic rings. The minimum absolute atomic E-state index is 0.0828. The lowest BCUT2D eigenvalue weighted by atomic mass is 10.1. The third-order valence-corrected chi connectivity index (χ3v) is 2.38. The largest absolute Gasteiger partial charge is 0.481 e. The number of unbranched alkanes of at least 4 members (excludes halogenated alkanes) is 3. The van der Waals surface area contributed by atoms with E-state index in [9.17, 15) is 4.79 Å². The Hall–Kier alpha value is -0.570. The average molecular weight is 216 g/mol. The Morgan fingerprint density at radius 3 is 2.40 bits per heavy atom. The minimum Gasteiger partial charge on any atom is -0.481 e. The van der Waals surface area contributed by atoms with Gasteiger partial charge in [-0.2, -0.15) is 0 Å². The Morgan fingerprint density at radius 1 is 1.20 bits per heavy atom. The van der Waals surface area contributed by atoms with Gasteiger partial charge in [-0.15, -0.1) is 0 Å². The Morgan fingerprint density at radius 2 is 1.87 bits per heavy atom. The molecule has 1 atom stereocenters. The maximum atomic E-state index is 10.6. The van der Waals surface area contributed by atoms with Crippen molar-refractivity contribution in [1.82, 2.24) is 0 Å². The van der Waals surface area contributed by atoms with Crippen LogP contribution in [-0.2, 0) is 9.53 Å². The first-order valence-corrected chi connectivity index (χ1v) is 6.04. The maximum absolute atomic E-state index is 10.6. The van der Waals surface area contributed by atoms with Crippen molar-refractivity contribution in [2.45, 2.75) is 64.9 Å². The second kappa shape index (κ2) is 9.97. The zero-order chi connectivity index (χ0) is 11.5. The molecule has 0 amide bonds. The summed E-state index contributed by atoms with van der Waals surface area (Å²) in [5.41, 5.74) is 0. The van der Waals surface area contributed by atoms with Crippen LogP contribution in [0.1, 0.15) is 58.8 Å². The summed E-state index contributed by atoms with van der Waals surface area (Å²) < 4.78 is 5.56. The summed E-state index contributed by atoms with van der Waals surface area (Å²) >= 11 is 0. The highest BCUT2D eigenvalue weighted by Crippen LogP contribution is 2.11. The van der Waals surface area contributed by atoms with Crippen LogP contribution in [0.3, 0.4) is 0 Å². The van der Waals surface area contributed by atoms with Gasteiger partial charge in [0.2, 0.25) is 0 Å². The van der Waals surface area contributed by atoms with Crippen LogP contribution in [0.15, 0.2) is 0 Å². The number of carboxylic acids is 1. The molecule has 0 aromatic rings. The van der Waals surface area contributed by atoms with Crippen LogP contribution in [0, 0.1) is 0 Å². The topological polar surface area (TPSA) is 46.5 Å². The summed E-state index contributed by atoms with van der Waals surface area (Å²) in [5, 5.41) is 8.72. The highest BCUT2D eigenvalue weighted by molar-refractivity contribution is 5.67. The summed E-state index contributed by atoms with van der Waals surface area (Å²) in [6.07, 6.45) is 6.44. The minimum atomic E-state index is -0.756.